The van der Waals surface area contributed by atoms with Gasteiger partial charge in [-0.15, -0.1) is 0 Å². The molecule has 0 saturated carbocycles. The van der Waals surface area contributed by atoms with Crippen LogP contribution in [0, 0.1) is 0 Å². The van der Waals surface area contributed by atoms with Gasteiger partial charge in [-0.25, -0.2) is 9.97 Å². The Morgan fingerprint density at radius 1 is 1.18 bits per heavy atom. The van der Waals surface area contributed by atoms with Crippen LogP contribution >= 0.6 is 0 Å². The van der Waals surface area contributed by atoms with E-state index in [-0.39, 0.29) is 6.04 Å². The van der Waals surface area contributed by atoms with Crippen molar-refractivity contribution in [3.63, 3.8) is 0 Å². The fraction of sp³-hybridized carbons (Fsp3) is 0.231. The number of hydrogen-bond acceptors (Lipinski definition) is 4. The normalized spacial score (nSPS) is 12.1. The largest absolute Gasteiger partial charge is 0.396 e. The minimum atomic E-state index is 0.222. The van der Waals surface area contributed by atoms with Crippen LogP contribution in [0.25, 0.3) is 0 Å². The number of nitrogens with one attached hydrogen (secondary N) is 1. The number of nitrogens with zero attached hydrogens (tertiary/aromatic N) is 2. The standard InChI is InChI=1S/C13H16N4/c1-2-12(10-6-4-3-5-7-10)17-13-15-8-11(14)9-16-13/h3-9,12H,2,14H2,1H3,(H,15,16,17). The molecule has 0 saturated heterocycles. The molecule has 0 bridgehead atoms. The summed E-state index contributed by atoms with van der Waals surface area (Å²) in [7, 11) is 0. The summed E-state index contributed by atoms with van der Waals surface area (Å²) in [5.41, 5.74) is 7.35. The lowest BCUT2D eigenvalue weighted by molar-refractivity contribution is 0.738. The molecular formula is C13H16N4. The molecule has 17 heavy (non-hydrogen) atoms. The zero-order valence-electron chi connectivity index (χ0n) is 9.80. The number of rotatable bonds is 4. The fourth-order valence-corrected chi connectivity index (χ4v) is 1.67. The molecule has 0 spiro atoms. The molecule has 0 aliphatic carbocycles. The van der Waals surface area contributed by atoms with E-state index in [1.807, 2.05) is 18.2 Å². The van der Waals surface area contributed by atoms with Gasteiger partial charge in [0.05, 0.1) is 24.1 Å². The predicted octanol–water partition coefficient (Wildman–Crippen LogP) is 2.62. The second-order valence-corrected chi connectivity index (χ2v) is 3.86. The molecule has 2 aromatic rings. The maximum atomic E-state index is 5.55. The third-order valence-electron chi connectivity index (χ3n) is 2.59. The van der Waals surface area contributed by atoms with E-state index < -0.39 is 0 Å². The van der Waals surface area contributed by atoms with Crippen molar-refractivity contribution in [2.24, 2.45) is 0 Å². The van der Waals surface area contributed by atoms with E-state index in [1.165, 1.54) is 5.56 Å². The second-order valence-electron chi connectivity index (χ2n) is 3.86. The summed E-state index contributed by atoms with van der Waals surface area (Å²) in [5, 5.41) is 3.29. The highest BCUT2D eigenvalue weighted by Gasteiger charge is 2.09. The zero-order valence-corrected chi connectivity index (χ0v) is 9.80. The first-order chi connectivity index (χ1) is 8.29. The van der Waals surface area contributed by atoms with Crippen LogP contribution in [0.1, 0.15) is 24.9 Å². The van der Waals surface area contributed by atoms with E-state index in [9.17, 15) is 0 Å². The molecule has 1 aromatic heterocycles. The maximum Gasteiger partial charge on any atom is 0.223 e. The van der Waals surface area contributed by atoms with Crippen LogP contribution in [-0.2, 0) is 0 Å². The van der Waals surface area contributed by atoms with Gasteiger partial charge in [0.2, 0.25) is 5.95 Å². The predicted molar refractivity (Wildman–Crippen MR) is 69.5 cm³/mol. The highest BCUT2D eigenvalue weighted by molar-refractivity contribution is 5.37. The third kappa shape index (κ3) is 2.93. The van der Waals surface area contributed by atoms with Crippen molar-refractivity contribution in [3.8, 4) is 0 Å². The molecule has 0 amide bonds. The van der Waals surface area contributed by atoms with Gasteiger partial charge < -0.3 is 11.1 Å². The van der Waals surface area contributed by atoms with Crippen molar-refractivity contribution in [3.05, 3.63) is 48.3 Å². The van der Waals surface area contributed by atoms with Crippen LogP contribution in [0.5, 0.6) is 0 Å². The van der Waals surface area contributed by atoms with Crippen LogP contribution in [-0.4, -0.2) is 9.97 Å². The molecule has 0 aliphatic rings. The third-order valence-corrected chi connectivity index (χ3v) is 2.59. The lowest BCUT2D eigenvalue weighted by Gasteiger charge is -2.17. The summed E-state index contributed by atoms with van der Waals surface area (Å²) in [4.78, 5) is 8.29. The van der Waals surface area contributed by atoms with Gasteiger partial charge in [0.1, 0.15) is 0 Å². The molecule has 1 atom stereocenters. The van der Waals surface area contributed by atoms with Crippen molar-refractivity contribution >= 4 is 11.6 Å². The summed E-state index contributed by atoms with van der Waals surface area (Å²) < 4.78 is 0. The quantitative estimate of drug-likeness (QED) is 0.844. The lowest BCUT2D eigenvalue weighted by atomic mass is 10.1. The first kappa shape index (κ1) is 11.4. The average Bonchev–Trinajstić information content (AvgIpc) is 2.39. The minimum Gasteiger partial charge on any atom is -0.396 e. The van der Waals surface area contributed by atoms with E-state index in [4.69, 9.17) is 5.73 Å². The molecule has 1 aromatic carbocycles. The highest BCUT2D eigenvalue weighted by Crippen LogP contribution is 2.20. The topological polar surface area (TPSA) is 63.8 Å². The molecule has 0 radical (unpaired) electrons. The van der Waals surface area contributed by atoms with Gasteiger partial charge in [0.15, 0.2) is 0 Å². The Labute approximate surface area is 101 Å². The van der Waals surface area contributed by atoms with Crippen molar-refractivity contribution < 1.29 is 0 Å². The summed E-state index contributed by atoms with van der Waals surface area (Å²) in [6, 6.07) is 10.5. The zero-order chi connectivity index (χ0) is 12.1. The number of aromatic nitrogens is 2. The lowest BCUT2D eigenvalue weighted by Crippen LogP contribution is -2.11. The van der Waals surface area contributed by atoms with Crippen LogP contribution in [0.2, 0.25) is 0 Å². The van der Waals surface area contributed by atoms with Gasteiger partial charge in [-0.1, -0.05) is 37.3 Å². The minimum absolute atomic E-state index is 0.222. The first-order valence-corrected chi connectivity index (χ1v) is 5.68. The molecule has 4 nitrogen and oxygen atoms in total. The Bertz CT molecular complexity index is 453. The number of hydrogen-bond donors (Lipinski definition) is 2. The SMILES string of the molecule is CCC(Nc1ncc(N)cn1)c1ccccc1. The summed E-state index contributed by atoms with van der Waals surface area (Å²) in [5.74, 6) is 0.606. The number of anilines is 2. The Balaban J connectivity index is 2.13. The number of nitrogens with two attached hydrogens (primary N) is 1. The van der Waals surface area contributed by atoms with E-state index in [2.05, 4.69) is 34.3 Å². The van der Waals surface area contributed by atoms with Crippen LogP contribution in [0.3, 0.4) is 0 Å². The maximum absolute atomic E-state index is 5.55. The fourth-order valence-electron chi connectivity index (χ4n) is 1.67. The Kier molecular flexibility index (Phi) is 3.55. The molecule has 3 N–H and O–H groups in total. The monoisotopic (exact) mass is 228 g/mol. The van der Waals surface area contributed by atoms with Crippen LogP contribution in [0.4, 0.5) is 11.6 Å². The van der Waals surface area contributed by atoms with Crippen LogP contribution in [0.15, 0.2) is 42.7 Å². The molecule has 0 fully saturated rings. The van der Waals surface area contributed by atoms with E-state index >= 15 is 0 Å². The molecule has 0 aliphatic heterocycles. The summed E-state index contributed by atoms with van der Waals surface area (Å²) in [6.45, 7) is 2.13. The van der Waals surface area contributed by atoms with Crippen molar-refractivity contribution in [1.29, 1.82) is 0 Å². The van der Waals surface area contributed by atoms with E-state index in [0.717, 1.165) is 6.42 Å². The van der Waals surface area contributed by atoms with Crippen molar-refractivity contribution in [2.45, 2.75) is 19.4 Å². The summed E-state index contributed by atoms with van der Waals surface area (Å²) >= 11 is 0. The highest BCUT2D eigenvalue weighted by atomic mass is 15.1. The second kappa shape index (κ2) is 5.30. The van der Waals surface area contributed by atoms with Crippen molar-refractivity contribution in [2.75, 3.05) is 11.1 Å². The van der Waals surface area contributed by atoms with E-state index in [1.54, 1.807) is 12.4 Å². The number of nitrogen functional groups attached to an aromatic ring is 1. The molecule has 2 rings (SSSR count). The molecular weight excluding hydrogens is 212 g/mol. The Hall–Kier alpha value is -2.10. The van der Waals surface area contributed by atoms with E-state index in [0.29, 0.717) is 11.6 Å². The Morgan fingerprint density at radius 3 is 2.41 bits per heavy atom. The summed E-state index contributed by atoms with van der Waals surface area (Å²) in [6.07, 6.45) is 4.18. The van der Waals surface area contributed by atoms with Crippen molar-refractivity contribution in [1.82, 2.24) is 9.97 Å². The van der Waals surface area contributed by atoms with Gasteiger partial charge in [-0.2, -0.15) is 0 Å². The Morgan fingerprint density at radius 2 is 1.82 bits per heavy atom. The van der Waals surface area contributed by atoms with Crippen LogP contribution < -0.4 is 11.1 Å². The number of benzene rings is 1. The molecule has 1 unspecified atom stereocenters. The molecule has 1 heterocycles. The van der Waals surface area contributed by atoms with Gasteiger partial charge in [0.25, 0.3) is 0 Å². The molecule has 88 valence electrons. The first-order valence-electron chi connectivity index (χ1n) is 5.68. The molecule has 4 heteroatoms. The van der Waals surface area contributed by atoms with Gasteiger partial charge in [0, 0.05) is 0 Å². The van der Waals surface area contributed by atoms with Gasteiger partial charge in [-0.05, 0) is 12.0 Å². The van der Waals surface area contributed by atoms with Gasteiger partial charge in [-0.3, -0.25) is 0 Å². The average molecular weight is 228 g/mol. The smallest absolute Gasteiger partial charge is 0.223 e. The van der Waals surface area contributed by atoms with Gasteiger partial charge >= 0.3 is 0 Å².